The van der Waals surface area contributed by atoms with Gasteiger partial charge in [0.05, 0.1) is 12.1 Å². The Kier molecular flexibility index (Phi) is 9.45. The third-order valence-corrected chi connectivity index (χ3v) is 0.953. The molecule has 1 atom stereocenters. The molecule has 0 amide bonds. The number of hydrogen-bond donors (Lipinski definition) is 2. The van der Waals surface area contributed by atoms with Crippen LogP contribution < -0.4 is 0 Å². The van der Waals surface area contributed by atoms with Gasteiger partial charge in [0, 0.05) is 0 Å². The Bertz CT molecular complexity index is 266. The molecular formula is C5H5BLiN3O4. The summed E-state index contributed by atoms with van der Waals surface area (Å²) < 4.78 is 0. The molecule has 68 valence electrons. The zero-order valence-corrected chi connectivity index (χ0v) is 6.28. The fourth-order valence-electron chi connectivity index (χ4n) is 0.425. The fourth-order valence-corrected chi connectivity index (χ4v) is 0.425. The summed E-state index contributed by atoms with van der Waals surface area (Å²) in [6, 6.07) is 4.39. The summed E-state index contributed by atoms with van der Waals surface area (Å²) in [6.45, 7) is 0. The van der Waals surface area contributed by atoms with Gasteiger partial charge in [0.2, 0.25) is 6.10 Å². The van der Waals surface area contributed by atoms with Crippen molar-refractivity contribution in [1.82, 2.24) is 0 Å². The molecule has 9 heteroatoms. The molecule has 0 bridgehead atoms. The first kappa shape index (κ1) is 15.4. The maximum atomic E-state index is 8.35. The van der Waals surface area contributed by atoms with E-state index in [1.54, 1.807) is 0 Å². The quantitative estimate of drug-likeness (QED) is 0.291. The van der Waals surface area contributed by atoms with Crippen LogP contribution in [0.4, 0.5) is 0 Å². The van der Waals surface area contributed by atoms with E-state index in [4.69, 9.17) is 25.8 Å². The second-order valence-electron chi connectivity index (χ2n) is 1.80. The van der Waals surface area contributed by atoms with E-state index in [1.807, 2.05) is 0 Å². The predicted molar refractivity (Wildman–Crippen MR) is 43.6 cm³/mol. The van der Waals surface area contributed by atoms with Crippen LogP contribution in [-0.2, 0) is 9.69 Å². The Morgan fingerprint density at radius 2 is 1.57 bits per heavy atom. The minimum absolute atomic E-state index is 0. The molecule has 0 aromatic heterocycles. The Morgan fingerprint density at radius 3 is 1.86 bits per heavy atom. The van der Waals surface area contributed by atoms with Gasteiger partial charge in [-0.1, -0.05) is 0 Å². The Morgan fingerprint density at radius 1 is 1.07 bits per heavy atom. The molecule has 0 aliphatic heterocycles. The van der Waals surface area contributed by atoms with Crippen molar-refractivity contribution in [3.63, 3.8) is 0 Å². The number of nitriles is 3. The fraction of sp³-hybridized carbons (Fsp3) is 0.400. The SMILES string of the molecule is N#CC(C#N)C(C#N)OOB(O)O.[LiH]. The van der Waals surface area contributed by atoms with E-state index in [0.717, 1.165) is 0 Å². The van der Waals surface area contributed by atoms with Crippen LogP contribution in [0.2, 0.25) is 0 Å². The van der Waals surface area contributed by atoms with E-state index in [-0.39, 0.29) is 18.9 Å². The van der Waals surface area contributed by atoms with Gasteiger partial charge in [-0.25, -0.2) is 9.69 Å². The van der Waals surface area contributed by atoms with Crippen molar-refractivity contribution in [1.29, 1.82) is 15.8 Å². The van der Waals surface area contributed by atoms with Gasteiger partial charge in [0.1, 0.15) is 6.07 Å². The van der Waals surface area contributed by atoms with Crippen LogP contribution in [0.25, 0.3) is 0 Å². The van der Waals surface area contributed by atoms with E-state index >= 15 is 0 Å². The normalized spacial score (nSPS) is 10.3. The van der Waals surface area contributed by atoms with Crippen LogP contribution in [0.1, 0.15) is 0 Å². The van der Waals surface area contributed by atoms with Crippen LogP contribution in [0, 0.1) is 39.9 Å². The van der Waals surface area contributed by atoms with Crippen molar-refractivity contribution in [3.8, 4) is 18.2 Å². The molecule has 0 fully saturated rings. The van der Waals surface area contributed by atoms with Crippen LogP contribution in [0.5, 0.6) is 0 Å². The molecule has 0 spiro atoms. The molecular weight excluding hydrogens is 184 g/mol. The zero-order valence-electron chi connectivity index (χ0n) is 6.28. The monoisotopic (exact) mass is 189 g/mol. The molecule has 0 aromatic carbocycles. The molecule has 7 nitrogen and oxygen atoms in total. The molecule has 0 aromatic rings. The summed E-state index contributed by atoms with van der Waals surface area (Å²) in [7, 11) is -2.21. The molecule has 0 saturated carbocycles. The van der Waals surface area contributed by atoms with Gasteiger partial charge in [-0.05, 0) is 0 Å². The summed E-state index contributed by atoms with van der Waals surface area (Å²) in [4.78, 5) is 7.86. The van der Waals surface area contributed by atoms with Crippen LogP contribution >= 0.6 is 0 Å². The molecule has 1 unspecified atom stereocenters. The maximum absolute atomic E-state index is 8.35. The average molecular weight is 189 g/mol. The molecule has 0 radical (unpaired) electrons. The van der Waals surface area contributed by atoms with Crippen molar-refractivity contribution >= 4 is 26.2 Å². The first-order chi connectivity index (χ1) is 6.15. The Balaban J connectivity index is 0. The van der Waals surface area contributed by atoms with E-state index in [2.05, 4.69) is 9.69 Å². The van der Waals surface area contributed by atoms with Crippen LogP contribution in [-0.4, -0.2) is 42.3 Å². The van der Waals surface area contributed by atoms with E-state index in [0.29, 0.717) is 0 Å². The second-order valence-corrected chi connectivity index (χ2v) is 1.80. The van der Waals surface area contributed by atoms with Gasteiger partial charge in [0.25, 0.3) is 0 Å². The van der Waals surface area contributed by atoms with Gasteiger partial charge in [0.15, 0.2) is 5.92 Å². The van der Waals surface area contributed by atoms with E-state index < -0.39 is 19.3 Å². The van der Waals surface area contributed by atoms with Gasteiger partial charge in [-0.3, -0.25) is 0 Å². The van der Waals surface area contributed by atoms with Gasteiger partial charge in [-0.2, -0.15) is 15.8 Å². The van der Waals surface area contributed by atoms with Gasteiger partial charge < -0.3 is 10.0 Å². The van der Waals surface area contributed by atoms with Crippen molar-refractivity contribution in [3.05, 3.63) is 0 Å². The van der Waals surface area contributed by atoms with Crippen molar-refractivity contribution in [2.45, 2.75) is 6.10 Å². The molecule has 0 heterocycles. The van der Waals surface area contributed by atoms with E-state index in [1.165, 1.54) is 18.2 Å². The molecule has 0 aliphatic rings. The summed E-state index contributed by atoms with van der Waals surface area (Å²) in [5, 5.41) is 41.3. The second kappa shape index (κ2) is 8.57. The number of rotatable bonds is 4. The summed E-state index contributed by atoms with van der Waals surface area (Å²) in [5.41, 5.74) is 0. The summed E-state index contributed by atoms with van der Waals surface area (Å²) in [5.74, 6) is -1.34. The van der Waals surface area contributed by atoms with Crippen molar-refractivity contribution < 1.29 is 19.7 Å². The van der Waals surface area contributed by atoms with Crippen molar-refractivity contribution in [2.75, 3.05) is 0 Å². The molecule has 0 aliphatic carbocycles. The molecule has 14 heavy (non-hydrogen) atoms. The zero-order chi connectivity index (χ0) is 10.3. The molecule has 0 saturated heterocycles. The summed E-state index contributed by atoms with van der Waals surface area (Å²) >= 11 is 0. The Hall–Kier alpha value is -1.03. The minimum atomic E-state index is -2.21. The van der Waals surface area contributed by atoms with Crippen LogP contribution in [0.15, 0.2) is 0 Å². The first-order valence-electron chi connectivity index (χ1n) is 3.02. The number of hydrogen-bond acceptors (Lipinski definition) is 7. The standard InChI is InChI=1S/C5H4BN3O4.Li.H/c7-1-4(2-8)5(3-9)12-13-6(10)11;;/h4-5,10-11H;;. The Labute approximate surface area is 92.3 Å². The average Bonchev–Trinajstić information content (AvgIpc) is 2.11. The van der Waals surface area contributed by atoms with Gasteiger partial charge >= 0.3 is 26.2 Å². The number of nitrogens with zero attached hydrogens (tertiary/aromatic N) is 3. The van der Waals surface area contributed by atoms with E-state index in [9.17, 15) is 0 Å². The molecule has 2 N–H and O–H groups in total. The summed E-state index contributed by atoms with van der Waals surface area (Å²) in [6.07, 6.45) is -1.48. The topological polar surface area (TPSA) is 130 Å². The third kappa shape index (κ3) is 5.59. The first-order valence-corrected chi connectivity index (χ1v) is 3.02. The third-order valence-electron chi connectivity index (χ3n) is 0.953. The predicted octanol–water partition coefficient (Wildman–Crippen LogP) is -2.19. The molecule has 0 rings (SSSR count). The van der Waals surface area contributed by atoms with Crippen molar-refractivity contribution in [2.24, 2.45) is 5.92 Å². The van der Waals surface area contributed by atoms with Gasteiger partial charge in [-0.15, -0.1) is 0 Å². The van der Waals surface area contributed by atoms with Crippen LogP contribution in [0.3, 0.4) is 0 Å².